The van der Waals surface area contributed by atoms with E-state index in [1.54, 1.807) is 13.8 Å². The predicted molar refractivity (Wildman–Crippen MR) is 79.8 cm³/mol. The molecular formula is C14H21BrN2O2. The fourth-order valence-electron chi connectivity index (χ4n) is 1.79. The molecule has 0 fully saturated rings. The molecule has 1 atom stereocenters. The molecular weight excluding hydrogens is 308 g/mol. The van der Waals surface area contributed by atoms with Gasteiger partial charge in [0.15, 0.2) is 0 Å². The van der Waals surface area contributed by atoms with Crippen LogP contribution in [0.15, 0.2) is 22.7 Å². The molecule has 0 aromatic heterocycles. The monoisotopic (exact) mass is 328 g/mol. The van der Waals surface area contributed by atoms with Crippen LogP contribution in [0.2, 0.25) is 0 Å². The molecule has 5 heteroatoms. The van der Waals surface area contributed by atoms with Gasteiger partial charge in [-0.1, -0.05) is 19.9 Å². The zero-order valence-corrected chi connectivity index (χ0v) is 13.2. The van der Waals surface area contributed by atoms with E-state index in [4.69, 9.17) is 16.2 Å². The fraction of sp³-hybridized carbons (Fsp3) is 0.500. The van der Waals surface area contributed by atoms with Crippen LogP contribution in [0.25, 0.3) is 0 Å². The summed E-state index contributed by atoms with van der Waals surface area (Å²) in [5, 5.41) is 0. The summed E-state index contributed by atoms with van der Waals surface area (Å²) >= 11 is 3.45. The second-order valence-electron chi connectivity index (χ2n) is 5.18. The van der Waals surface area contributed by atoms with E-state index in [1.165, 1.54) is 0 Å². The Labute approximate surface area is 122 Å². The second kappa shape index (κ2) is 6.39. The van der Waals surface area contributed by atoms with Crippen LogP contribution in [0, 0.1) is 5.41 Å². The van der Waals surface area contributed by atoms with Crippen molar-refractivity contribution in [1.82, 2.24) is 0 Å². The molecule has 0 aliphatic carbocycles. The molecule has 0 saturated carbocycles. The molecule has 0 radical (unpaired) electrons. The molecule has 4 N–H and O–H groups in total. The molecule has 0 bridgehead atoms. The molecule has 1 aromatic rings. The van der Waals surface area contributed by atoms with Crippen molar-refractivity contribution in [1.29, 1.82) is 0 Å². The van der Waals surface area contributed by atoms with E-state index in [9.17, 15) is 4.79 Å². The average molecular weight is 329 g/mol. The third kappa shape index (κ3) is 4.21. The number of primary amides is 1. The Bertz CT molecular complexity index is 461. The molecule has 0 aliphatic rings. The lowest BCUT2D eigenvalue weighted by Gasteiger charge is -2.25. The molecule has 0 heterocycles. The number of hydrogen-bond acceptors (Lipinski definition) is 3. The average Bonchev–Trinajstić information content (AvgIpc) is 2.31. The Morgan fingerprint density at radius 1 is 1.47 bits per heavy atom. The number of nitrogens with two attached hydrogens (primary N) is 2. The van der Waals surface area contributed by atoms with Gasteiger partial charge < -0.3 is 16.2 Å². The van der Waals surface area contributed by atoms with Gasteiger partial charge in [0.05, 0.1) is 11.1 Å². The Kier molecular flexibility index (Phi) is 5.38. The summed E-state index contributed by atoms with van der Waals surface area (Å²) in [6, 6.07) is 5.47. The molecule has 19 heavy (non-hydrogen) atoms. The van der Waals surface area contributed by atoms with Gasteiger partial charge in [0, 0.05) is 11.5 Å². The zero-order valence-electron chi connectivity index (χ0n) is 11.6. The molecule has 1 amide bonds. The highest BCUT2D eigenvalue weighted by Crippen LogP contribution is 2.32. The van der Waals surface area contributed by atoms with Crippen molar-refractivity contribution in [2.75, 3.05) is 6.61 Å². The topological polar surface area (TPSA) is 78.3 Å². The van der Waals surface area contributed by atoms with E-state index in [0.717, 1.165) is 15.8 Å². The maximum atomic E-state index is 11.3. The normalized spacial score (nSPS) is 13.1. The highest BCUT2D eigenvalue weighted by atomic mass is 79.9. The smallest absolute Gasteiger partial charge is 0.223 e. The molecule has 1 unspecified atom stereocenters. The van der Waals surface area contributed by atoms with Crippen LogP contribution >= 0.6 is 15.9 Å². The number of halogens is 1. The fourth-order valence-corrected chi connectivity index (χ4v) is 2.30. The summed E-state index contributed by atoms with van der Waals surface area (Å²) in [7, 11) is 0. The van der Waals surface area contributed by atoms with Gasteiger partial charge in [0.1, 0.15) is 5.75 Å². The molecule has 0 saturated heterocycles. The number of benzene rings is 1. The van der Waals surface area contributed by atoms with Crippen LogP contribution in [0.3, 0.4) is 0 Å². The third-order valence-electron chi connectivity index (χ3n) is 3.08. The maximum Gasteiger partial charge on any atom is 0.223 e. The summed E-state index contributed by atoms with van der Waals surface area (Å²) in [5.41, 5.74) is 11.8. The third-order valence-corrected chi connectivity index (χ3v) is 3.70. The van der Waals surface area contributed by atoms with Crippen molar-refractivity contribution in [2.45, 2.75) is 33.2 Å². The van der Waals surface area contributed by atoms with Crippen molar-refractivity contribution >= 4 is 21.8 Å². The summed E-state index contributed by atoms with van der Waals surface area (Å²) in [5.74, 6) is 0.445. The van der Waals surface area contributed by atoms with Crippen LogP contribution in [0.5, 0.6) is 5.75 Å². The number of carbonyl (C=O) groups is 1. The minimum atomic E-state index is -0.621. The summed E-state index contributed by atoms with van der Waals surface area (Å²) in [4.78, 5) is 11.3. The SMILES string of the molecule is CCOc1ccc(C(N)CC(C)(C)C(N)=O)cc1Br. The Morgan fingerprint density at radius 3 is 2.58 bits per heavy atom. The van der Waals surface area contributed by atoms with Gasteiger partial charge in [-0.25, -0.2) is 0 Å². The van der Waals surface area contributed by atoms with Crippen molar-refractivity contribution in [3.63, 3.8) is 0 Å². The van der Waals surface area contributed by atoms with E-state index in [-0.39, 0.29) is 11.9 Å². The zero-order chi connectivity index (χ0) is 14.6. The number of rotatable bonds is 6. The summed E-state index contributed by atoms with van der Waals surface area (Å²) < 4.78 is 6.31. The Morgan fingerprint density at radius 2 is 2.11 bits per heavy atom. The van der Waals surface area contributed by atoms with Gasteiger partial charge in [0.25, 0.3) is 0 Å². The molecule has 106 valence electrons. The largest absolute Gasteiger partial charge is 0.493 e. The van der Waals surface area contributed by atoms with Crippen molar-refractivity contribution < 1.29 is 9.53 Å². The Hall–Kier alpha value is -1.07. The van der Waals surface area contributed by atoms with Gasteiger partial charge in [-0.3, -0.25) is 4.79 Å². The molecule has 1 rings (SSSR count). The first-order chi connectivity index (χ1) is 8.77. The van der Waals surface area contributed by atoms with Gasteiger partial charge in [-0.15, -0.1) is 0 Å². The van der Waals surface area contributed by atoms with E-state index >= 15 is 0 Å². The summed E-state index contributed by atoms with van der Waals surface area (Å²) in [6.07, 6.45) is 0.503. The molecule has 1 aromatic carbocycles. The van der Waals surface area contributed by atoms with Gasteiger partial charge in [-0.05, 0) is 47.0 Å². The van der Waals surface area contributed by atoms with E-state index in [0.29, 0.717) is 13.0 Å². The van der Waals surface area contributed by atoms with Crippen LogP contribution in [0.4, 0.5) is 0 Å². The lowest BCUT2D eigenvalue weighted by Crippen LogP contribution is -2.34. The lowest BCUT2D eigenvalue weighted by molar-refractivity contribution is -0.126. The first-order valence-corrected chi connectivity index (χ1v) is 7.05. The molecule has 0 spiro atoms. The van der Waals surface area contributed by atoms with E-state index in [1.807, 2.05) is 25.1 Å². The second-order valence-corrected chi connectivity index (χ2v) is 6.04. The van der Waals surface area contributed by atoms with Crippen LogP contribution in [0.1, 0.15) is 38.8 Å². The van der Waals surface area contributed by atoms with Crippen LogP contribution < -0.4 is 16.2 Å². The predicted octanol–water partition coefficient (Wildman–Crippen LogP) is 2.75. The quantitative estimate of drug-likeness (QED) is 0.842. The standard InChI is InChI=1S/C14H21BrN2O2/c1-4-19-12-6-5-9(7-10(12)15)11(16)8-14(2,3)13(17)18/h5-7,11H,4,8,16H2,1-3H3,(H2,17,18). The van der Waals surface area contributed by atoms with E-state index < -0.39 is 5.41 Å². The molecule has 4 nitrogen and oxygen atoms in total. The van der Waals surface area contributed by atoms with Crippen LogP contribution in [-0.4, -0.2) is 12.5 Å². The highest BCUT2D eigenvalue weighted by Gasteiger charge is 2.28. The highest BCUT2D eigenvalue weighted by molar-refractivity contribution is 9.10. The number of hydrogen-bond donors (Lipinski definition) is 2. The number of ether oxygens (including phenoxy) is 1. The van der Waals surface area contributed by atoms with Crippen LogP contribution in [-0.2, 0) is 4.79 Å². The van der Waals surface area contributed by atoms with E-state index in [2.05, 4.69) is 15.9 Å². The maximum absolute atomic E-state index is 11.3. The van der Waals surface area contributed by atoms with Crippen molar-refractivity contribution in [3.05, 3.63) is 28.2 Å². The minimum absolute atomic E-state index is 0.241. The number of carbonyl (C=O) groups excluding carboxylic acids is 1. The van der Waals surface area contributed by atoms with Gasteiger partial charge in [0.2, 0.25) is 5.91 Å². The summed E-state index contributed by atoms with van der Waals surface area (Å²) in [6.45, 7) is 6.15. The first-order valence-electron chi connectivity index (χ1n) is 6.25. The first kappa shape index (κ1) is 16.0. The number of amides is 1. The van der Waals surface area contributed by atoms with Crippen molar-refractivity contribution in [3.8, 4) is 5.75 Å². The minimum Gasteiger partial charge on any atom is -0.493 e. The van der Waals surface area contributed by atoms with Gasteiger partial charge >= 0.3 is 0 Å². The lowest BCUT2D eigenvalue weighted by atomic mass is 9.83. The van der Waals surface area contributed by atoms with Crippen molar-refractivity contribution in [2.24, 2.45) is 16.9 Å². The Balaban J connectivity index is 2.86. The van der Waals surface area contributed by atoms with Gasteiger partial charge in [-0.2, -0.15) is 0 Å². The molecule has 0 aliphatic heterocycles.